The third kappa shape index (κ3) is 3.55. The number of aromatic nitrogens is 4. The quantitative estimate of drug-likeness (QED) is 0.656. The van der Waals surface area contributed by atoms with Gasteiger partial charge in [-0.3, -0.25) is 19.4 Å². The molecule has 142 valence electrons. The van der Waals surface area contributed by atoms with Crippen molar-refractivity contribution in [2.75, 3.05) is 5.32 Å². The molecular formula is C19H24N6O2. The van der Waals surface area contributed by atoms with E-state index in [1.807, 2.05) is 31.5 Å². The van der Waals surface area contributed by atoms with E-state index in [0.29, 0.717) is 22.3 Å². The van der Waals surface area contributed by atoms with E-state index in [9.17, 15) is 9.59 Å². The number of aromatic amines is 1. The maximum absolute atomic E-state index is 12.7. The minimum absolute atomic E-state index is 0.139. The lowest BCUT2D eigenvalue weighted by molar-refractivity contribution is 0.0994. The summed E-state index contributed by atoms with van der Waals surface area (Å²) < 4.78 is 1.89. The van der Waals surface area contributed by atoms with Gasteiger partial charge in [-0.05, 0) is 51.0 Å². The topological polar surface area (TPSA) is 119 Å². The molecule has 0 radical (unpaired) electrons. The molecule has 0 saturated carbocycles. The SMILES string of the molecule is CC(C)c1cc(C(=O)Nc2ccc3[nH]nc(C(N)=O)c3c2)nn1C(C)(C)C. The number of hydrogen-bond donors (Lipinski definition) is 3. The Hall–Kier alpha value is -3.16. The maximum atomic E-state index is 12.7. The molecule has 3 rings (SSSR count). The molecule has 0 aliphatic carbocycles. The number of carbonyl (C=O) groups excluding carboxylic acids is 2. The fourth-order valence-electron chi connectivity index (χ4n) is 2.93. The highest BCUT2D eigenvalue weighted by Crippen LogP contribution is 2.25. The first-order valence-corrected chi connectivity index (χ1v) is 8.77. The van der Waals surface area contributed by atoms with Crippen LogP contribution in [-0.4, -0.2) is 31.8 Å². The molecule has 3 aromatic rings. The highest BCUT2D eigenvalue weighted by Gasteiger charge is 2.23. The lowest BCUT2D eigenvalue weighted by Crippen LogP contribution is -2.26. The molecule has 4 N–H and O–H groups in total. The van der Waals surface area contributed by atoms with Crippen LogP contribution >= 0.6 is 0 Å². The number of benzene rings is 1. The molecule has 0 fully saturated rings. The van der Waals surface area contributed by atoms with Crippen molar-refractivity contribution in [1.29, 1.82) is 0 Å². The molecule has 2 aromatic heterocycles. The Kier molecular flexibility index (Phi) is 4.51. The van der Waals surface area contributed by atoms with Crippen LogP contribution in [0.3, 0.4) is 0 Å². The molecule has 0 atom stereocenters. The number of carbonyl (C=O) groups is 2. The minimum atomic E-state index is -0.629. The lowest BCUT2D eigenvalue weighted by Gasteiger charge is -2.23. The van der Waals surface area contributed by atoms with E-state index in [2.05, 4.69) is 34.5 Å². The molecule has 0 saturated heterocycles. The predicted molar refractivity (Wildman–Crippen MR) is 104 cm³/mol. The van der Waals surface area contributed by atoms with Gasteiger partial charge in [-0.25, -0.2) is 0 Å². The van der Waals surface area contributed by atoms with E-state index in [1.165, 1.54) is 0 Å². The van der Waals surface area contributed by atoms with Gasteiger partial charge in [0.25, 0.3) is 11.8 Å². The molecule has 0 bridgehead atoms. The Morgan fingerprint density at radius 1 is 1.22 bits per heavy atom. The molecule has 2 heterocycles. The highest BCUT2D eigenvalue weighted by atomic mass is 16.2. The van der Waals surface area contributed by atoms with E-state index >= 15 is 0 Å². The Bertz CT molecular complexity index is 1020. The van der Waals surface area contributed by atoms with Gasteiger partial charge in [-0.2, -0.15) is 10.2 Å². The molecule has 0 unspecified atom stereocenters. The summed E-state index contributed by atoms with van der Waals surface area (Å²) in [6, 6.07) is 6.95. The molecule has 0 aliphatic rings. The molecule has 27 heavy (non-hydrogen) atoms. The molecule has 2 amide bonds. The number of nitrogens with one attached hydrogen (secondary N) is 2. The van der Waals surface area contributed by atoms with Crippen molar-refractivity contribution in [3.8, 4) is 0 Å². The number of H-pyrrole nitrogens is 1. The predicted octanol–water partition coefficient (Wildman–Crippen LogP) is 2.99. The summed E-state index contributed by atoms with van der Waals surface area (Å²) in [6.45, 7) is 10.3. The van der Waals surface area contributed by atoms with Gasteiger partial charge in [0, 0.05) is 16.8 Å². The second-order valence-corrected chi connectivity index (χ2v) is 7.84. The van der Waals surface area contributed by atoms with Crippen molar-refractivity contribution >= 4 is 28.4 Å². The van der Waals surface area contributed by atoms with Crippen LogP contribution in [0.2, 0.25) is 0 Å². The van der Waals surface area contributed by atoms with E-state index < -0.39 is 5.91 Å². The summed E-state index contributed by atoms with van der Waals surface area (Å²) >= 11 is 0. The van der Waals surface area contributed by atoms with Gasteiger partial charge in [0.05, 0.1) is 11.1 Å². The van der Waals surface area contributed by atoms with Crippen LogP contribution in [-0.2, 0) is 5.54 Å². The number of hydrogen-bond acceptors (Lipinski definition) is 4. The molecule has 1 aromatic carbocycles. The number of fused-ring (bicyclic) bond motifs is 1. The van der Waals surface area contributed by atoms with Gasteiger partial charge >= 0.3 is 0 Å². The monoisotopic (exact) mass is 368 g/mol. The van der Waals surface area contributed by atoms with E-state index in [4.69, 9.17) is 5.73 Å². The average Bonchev–Trinajstić information content (AvgIpc) is 3.18. The van der Waals surface area contributed by atoms with Crippen LogP contribution in [0.25, 0.3) is 10.9 Å². The van der Waals surface area contributed by atoms with Crippen molar-refractivity contribution in [1.82, 2.24) is 20.0 Å². The normalized spacial score (nSPS) is 11.9. The lowest BCUT2D eigenvalue weighted by atomic mass is 10.1. The Labute approximate surface area is 157 Å². The molecule has 8 heteroatoms. The van der Waals surface area contributed by atoms with Crippen molar-refractivity contribution < 1.29 is 9.59 Å². The molecule has 8 nitrogen and oxygen atoms in total. The zero-order valence-electron chi connectivity index (χ0n) is 16.1. The van der Waals surface area contributed by atoms with Crippen LogP contribution in [0, 0.1) is 0 Å². The number of nitrogens with zero attached hydrogens (tertiary/aromatic N) is 3. The first-order valence-electron chi connectivity index (χ1n) is 8.77. The fraction of sp³-hybridized carbons (Fsp3) is 0.368. The molecule has 0 aliphatic heterocycles. The van der Waals surface area contributed by atoms with Gasteiger partial charge in [0.2, 0.25) is 0 Å². The highest BCUT2D eigenvalue weighted by molar-refractivity contribution is 6.07. The van der Waals surface area contributed by atoms with Gasteiger partial charge in [-0.1, -0.05) is 13.8 Å². The van der Waals surface area contributed by atoms with Crippen LogP contribution in [0.15, 0.2) is 24.3 Å². The molecular weight excluding hydrogens is 344 g/mol. The standard InChI is InChI=1S/C19H24N6O2/c1-10(2)15-9-14(24-25(15)19(3,4)5)18(27)21-11-6-7-13-12(8-11)16(17(20)26)23-22-13/h6-10H,1-5H3,(H2,20,26)(H,21,27)(H,22,23). The van der Waals surface area contributed by atoms with Crippen molar-refractivity contribution in [2.45, 2.75) is 46.1 Å². The zero-order chi connectivity index (χ0) is 19.9. The largest absolute Gasteiger partial charge is 0.364 e. The number of amides is 2. The second-order valence-electron chi connectivity index (χ2n) is 7.84. The number of anilines is 1. The van der Waals surface area contributed by atoms with Gasteiger partial charge < -0.3 is 11.1 Å². The third-order valence-electron chi connectivity index (χ3n) is 4.25. The van der Waals surface area contributed by atoms with Gasteiger partial charge in [0.1, 0.15) is 0 Å². The smallest absolute Gasteiger partial charge is 0.276 e. The zero-order valence-corrected chi connectivity index (χ0v) is 16.1. The summed E-state index contributed by atoms with van der Waals surface area (Å²) in [6.07, 6.45) is 0. The minimum Gasteiger partial charge on any atom is -0.364 e. The van der Waals surface area contributed by atoms with E-state index in [0.717, 1.165) is 5.69 Å². The summed E-state index contributed by atoms with van der Waals surface area (Å²) in [5.41, 5.74) is 7.78. The van der Waals surface area contributed by atoms with Crippen molar-refractivity contribution in [3.63, 3.8) is 0 Å². The second kappa shape index (κ2) is 6.53. The number of primary amides is 1. The Morgan fingerprint density at radius 2 is 1.93 bits per heavy atom. The summed E-state index contributed by atoms with van der Waals surface area (Å²) in [5.74, 6) is -0.711. The van der Waals surface area contributed by atoms with Crippen LogP contribution < -0.4 is 11.1 Å². The van der Waals surface area contributed by atoms with Crippen LogP contribution in [0.4, 0.5) is 5.69 Å². The summed E-state index contributed by atoms with van der Waals surface area (Å²) in [4.78, 5) is 24.2. The first-order chi connectivity index (χ1) is 12.6. The third-order valence-corrected chi connectivity index (χ3v) is 4.25. The van der Waals surface area contributed by atoms with E-state index in [-0.39, 0.29) is 23.1 Å². The summed E-state index contributed by atoms with van der Waals surface area (Å²) in [7, 11) is 0. The Morgan fingerprint density at radius 3 is 2.48 bits per heavy atom. The van der Waals surface area contributed by atoms with Crippen LogP contribution in [0.5, 0.6) is 0 Å². The van der Waals surface area contributed by atoms with E-state index in [1.54, 1.807) is 18.2 Å². The Balaban J connectivity index is 1.93. The van der Waals surface area contributed by atoms with Gasteiger partial charge in [0.15, 0.2) is 11.4 Å². The van der Waals surface area contributed by atoms with Crippen molar-refractivity contribution in [2.24, 2.45) is 5.73 Å². The number of nitrogens with two attached hydrogens (primary N) is 1. The maximum Gasteiger partial charge on any atom is 0.276 e. The van der Waals surface area contributed by atoms with Crippen molar-refractivity contribution in [3.05, 3.63) is 41.3 Å². The average molecular weight is 368 g/mol. The molecule has 0 spiro atoms. The van der Waals surface area contributed by atoms with Gasteiger partial charge in [-0.15, -0.1) is 0 Å². The van der Waals surface area contributed by atoms with Crippen LogP contribution in [0.1, 0.15) is 67.2 Å². The first kappa shape index (κ1) is 18.6. The fourth-order valence-corrected chi connectivity index (χ4v) is 2.93. The number of rotatable bonds is 4. The summed E-state index contributed by atoms with van der Waals surface area (Å²) in [5, 5.41) is 14.5.